The number of hydrogen-bond donors (Lipinski definition) is 1. The van der Waals surface area contributed by atoms with E-state index in [1.165, 1.54) is 12.5 Å². The molecule has 6 heteroatoms. The third-order valence-electron chi connectivity index (χ3n) is 3.47. The van der Waals surface area contributed by atoms with Gasteiger partial charge in [-0.2, -0.15) is 0 Å². The summed E-state index contributed by atoms with van der Waals surface area (Å²) in [4.78, 5) is 25.0. The predicted molar refractivity (Wildman–Crippen MR) is 92.6 cm³/mol. The Morgan fingerprint density at radius 2 is 1.86 bits per heavy atom. The second-order valence-electron chi connectivity index (χ2n) is 5.39. The summed E-state index contributed by atoms with van der Waals surface area (Å²) in [5, 5.41) is 9.05. The van der Waals surface area contributed by atoms with Gasteiger partial charge in [0.1, 0.15) is 10.4 Å². The lowest BCUT2D eigenvalue weighted by Crippen LogP contribution is -2.41. The summed E-state index contributed by atoms with van der Waals surface area (Å²) in [6, 6.07) is 6.99. The van der Waals surface area contributed by atoms with Gasteiger partial charge < -0.3 is 5.11 Å². The first-order valence-electron chi connectivity index (χ1n) is 6.91. The molecule has 1 aromatic carbocycles. The molecule has 0 radical (unpaired) electrons. The Balaban J connectivity index is 2.24. The summed E-state index contributed by atoms with van der Waals surface area (Å²) < 4.78 is 0.282. The number of carboxylic acid groups (broad SMARTS) is 1. The van der Waals surface area contributed by atoms with Gasteiger partial charge in [0, 0.05) is 0 Å². The molecule has 1 atom stereocenters. The molecule has 1 aliphatic rings. The quantitative estimate of drug-likeness (QED) is 0.674. The molecule has 0 unspecified atom stereocenters. The summed E-state index contributed by atoms with van der Waals surface area (Å²) in [5.41, 5.74) is 2.12. The SMILES string of the molecule is CC(C)c1ccc(/C=C2\SC(=S)N([C@@H](C)C(=O)O)C2=O)cc1. The maximum Gasteiger partial charge on any atom is 0.326 e. The maximum atomic E-state index is 12.3. The standard InChI is InChI=1S/C16H17NO3S2/c1-9(2)12-6-4-11(5-7-12)8-13-14(18)17(16(21)22-13)10(3)15(19)20/h4-10H,1-3H3,(H,19,20)/b13-8-/t10-/m0/s1. The molecule has 0 aromatic heterocycles. The molecule has 1 saturated heterocycles. The summed E-state index contributed by atoms with van der Waals surface area (Å²) in [6.45, 7) is 5.69. The van der Waals surface area contributed by atoms with Gasteiger partial charge in [-0.1, -0.05) is 62.1 Å². The fraction of sp³-hybridized carbons (Fsp3) is 0.312. The Kier molecular flexibility index (Phi) is 5.03. The topological polar surface area (TPSA) is 57.6 Å². The highest BCUT2D eigenvalue weighted by molar-refractivity contribution is 8.26. The van der Waals surface area contributed by atoms with Crippen LogP contribution >= 0.6 is 24.0 Å². The zero-order valence-corrected chi connectivity index (χ0v) is 14.2. The van der Waals surface area contributed by atoms with Crippen LogP contribution in [0, 0.1) is 0 Å². The second kappa shape index (κ2) is 6.62. The average molecular weight is 335 g/mol. The summed E-state index contributed by atoms with van der Waals surface area (Å²) in [7, 11) is 0. The second-order valence-corrected chi connectivity index (χ2v) is 7.06. The van der Waals surface area contributed by atoms with Crippen molar-refractivity contribution in [2.45, 2.75) is 32.7 Å². The lowest BCUT2D eigenvalue weighted by Gasteiger charge is -2.18. The van der Waals surface area contributed by atoms with Crippen molar-refractivity contribution in [3.63, 3.8) is 0 Å². The Hall–Kier alpha value is -1.66. The Bertz CT molecular complexity index is 650. The molecule has 0 spiro atoms. The van der Waals surface area contributed by atoms with Gasteiger partial charge in [-0.15, -0.1) is 0 Å². The van der Waals surface area contributed by atoms with Gasteiger partial charge in [-0.25, -0.2) is 4.79 Å². The first-order valence-corrected chi connectivity index (χ1v) is 8.13. The molecule has 116 valence electrons. The Labute approximate surface area is 139 Å². The van der Waals surface area contributed by atoms with E-state index in [0.29, 0.717) is 10.8 Å². The van der Waals surface area contributed by atoms with Crippen LogP contribution in [0.25, 0.3) is 6.08 Å². The van der Waals surface area contributed by atoms with E-state index in [1.807, 2.05) is 24.3 Å². The van der Waals surface area contributed by atoms with Crippen LogP contribution in [0.5, 0.6) is 0 Å². The van der Waals surface area contributed by atoms with Crippen LogP contribution in [0.3, 0.4) is 0 Å². The minimum Gasteiger partial charge on any atom is -0.480 e. The molecule has 1 aromatic rings. The normalized spacial score (nSPS) is 18.4. The van der Waals surface area contributed by atoms with Gasteiger partial charge in [-0.3, -0.25) is 9.69 Å². The molecule has 1 aliphatic heterocycles. The number of benzene rings is 1. The van der Waals surface area contributed by atoms with E-state index in [-0.39, 0.29) is 10.2 Å². The van der Waals surface area contributed by atoms with Gasteiger partial charge in [0.05, 0.1) is 4.91 Å². The van der Waals surface area contributed by atoms with E-state index in [2.05, 4.69) is 13.8 Å². The van der Waals surface area contributed by atoms with Crippen molar-refractivity contribution in [1.29, 1.82) is 0 Å². The van der Waals surface area contributed by atoms with E-state index >= 15 is 0 Å². The van der Waals surface area contributed by atoms with Gasteiger partial charge in [0.15, 0.2) is 0 Å². The number of carboxylic acids is 1. The first-order chi connectivity index (χ1) is 10.3. The van der Waals surface area contributed by atoms with Crippen LogP contribution < -0.4 is 0 Å². The summed E-state index contributed by atoms with van der Waals surface area (Å²) in [6.07, 6.45) is 1.75. The van der Waals surface area contributed by atoms with Gasteiger partial charge >= 0.3 is 5.97 Å². The van der Waals surface area contributed by atoms with Crippen LogP contribution in [0.4, 0.5) is 0 Å². The molecule has 0 aliphatic carbocycles. The van der Waals surface area contributed by atoms with Crippen LogP contribution in [-0.4, -0.2) is 32.2 Å². The van der Waals surface area contributed by atoms with Crippen molar-refractivity contribution in [2.24, 2.45) is 0 Å². The Morgan fingerprint density at radius 1 is 1.27 bits per heavy atom. The van der Waals surface area contributed by atoms with Gasteiger partial charge in [0.2, 0.25) is 0 Å². The highest BCUT2D eigenvalue weighted by Crippen LogP contribution is 2.34. The van der Waals surface area contributed by atoms with Crippen molar-refractivity contribution >= 4 is 46.3 Å². The van der Waals surface area contributed by atoms with Crippen LogP contribution in [-0.2, 0) is 9.59 Å². The molecule has 1 fully saturated rings. The van der Waals surface area contributed by atoms with Gasteiger partial charge in [-0.05, 0) is 30.0 Å². The lowest BCUT2D eigenvalue weighted by atomic mass is 10.0. The molecule has 22 heavy (non-hydrogen) atoms. The molecule has 2 rings (SSSR count). The number of carbonyl (C=O) groups excluding carboxylic acids is 1. The van der Waals surface area contributed by atoms with Crippen LogP contribution in [0.1, 0.15) is 37.8 Å². The minimum atomic E-state index is -1.07. The molecule has 1 N–H and O–H groups in total. The fourth-order valence-electron chi connectivity index (χ4n) is 2.05. The number of rotatable bonds is 4. The number of thiocarbonyl (C=S) groups is 1. The monoisotopic (exact) mass is 335 g/mol. The van der Waals surface area contributed by atoms with Crippen molar-refractivity contribution in [1.82, 2.24) is 4.90 Å². The smallest absolute Gasteiger partial charge is 0.326 e. The number of hydrogen-bond acceptors (Lipinski definition) is 4. The molecule has 0 bridgehead atoms. The highest BCUT2D eigenvalue weighted by Gasteiger charge is 2.38. The fourth-order valence-corrected chi connectivity index (χ4v) is 3.47. The summed E-state index contributed by atoms with van der Waals surface area (Å²) in [5.74, 6) is -0.972. The van der Waals surface area contributed by atoms with Crippen molar-refractivity contribution in [3.8, 4) is 0 Å². The average Bonchev–Trinajstić information content (AvgIpc) is 2.73. The minimum absolute atomic E-state index is 0.282. The van der Waals surface area contributed by atoms with E-state index < -0.39 is 12.0 Å². The highest BCUT2D eigenvalue weighted by atomic mass is 32.2. The molecule has 0 saturated carbocycles. The third-order valence-corrected chi connectivity index (χ3v) is 4.80. The predicted octanol–water partition coefficient (Wildman–Crippen LogP) is 3.48. The zero-order valence-electron chi connectivity index (χ0n) is 12.6. The van der Waals surface area contributed by atoms with Gasteiger partial charge in [0.25, 0.3) is 5.91 Å². The largest absolute Gasteiger partial charge is 0.480 e. The molecular weight excluding hydrogens is 318 g/mol. The number of carbonyl (C=O) groups is 2. The first kappa shape index (κ1) is 16.7. The number of amides is 1. The molecular formula is C16H17NO3S2. The van der Waals surface area contributed by atoms with Crippen molar-refractivity contribution in [2.75, 3.05) is 0 Å². The van der Waals surface area contributed by atoms with E-state index in [4.69, 9.17) is 17.3 Å². The molecule has 1 amide bonds. The summed E-state index contributed by atoms with van der Waals surface area (Å²) >= 11 is 6.26. The lowest BCUT2D eigenvalue weighted by molar-refractivity contribution is -0.144. The van der Waals surface area contributed by atoms with E-state index in [0.717, 1.165) is 22.2 Å². The number of aliphatic carboxylic acids is 1. The number of nitrogens with zero attached hydrogens (tertiary/aromatic N) is 1. The van der Waals surface area contributed by atoms with Crippen LogP contribution in [0.15, 0.2) is 29.2 Å². The molecule has 4 nitrogen and oxygen atoms in total. The van der Waals surface area contributed by atoms with Crippen LogP contribution in [0.2, 0.25) is 0 Å². The van der Waals surface area contributed by atoms with E-state index in [9.17, 15) is 9.59 Å². The zero-order chi connectivity index (χ0) is 16.4. The third kappa shape index (κ3) is 3.39. The van der Waals surface area contributed by atoms with Crippen molar-refractivity contribution in [3.05, 3.63) is 40.3 Å². The Morgan fingerprint density at radius 3 is 2.36 bits per heavy atom. The van der Waals surface area contributed by atoms with Crippen molar-refractivity contribution < 1.29 is 14.7 Å². The maximum absolute atomic E-state index is 12.3. The number of thioether (sulfide) groups is 1. The molecule has 1 heterocycles. The van der Waals surface area contributed by atoms with E-state index in [1.54, 1.807) is 6.08 Å².